The number of primary amides is 1. The van der Waals surface area contributed by atoms with Gasteiger partial charge in [0.1, 0.15) is 5.75 Å². The summed E-state index contributed by atoms with van der Waals surface area (Å²) < 4.78 is 5.93. The Morgan fingerprint density at radius 2 is 1.88 bits per heavy atom. The molecule has 0 unspecified atom stereocenters. The van der Waals surface area contributed by atoms with E-state index in [4.69, 9.17) is 10.5 Å². The molecular weight excluding hydrogens is 354 g/mol. The van der Waals surface area contributed by atoms with Crippen LogP contribution in [0, 0.1) is 0 Å². The summed E-state index contributed by atoms with van der Waals surface area (Å²) in [5.74, 6) is 0.666. The van der Waals surface area contributed by atoms with E-state index in [9.17, 15) is 4.79 Å². The van der Waals surface area contributed by atoms with E-state index in [1.807, 2.05) is 6.07 Å². The molecule has 2 N–H and O–H groups in total. The SMILES string of the molecule is COc1c2cc(C(N)=O)c(-c3cccc4c3C=CC4)c1[Si](C)(C)[Si]2(C)C. The van der Waals surface area contributed by atoms with E-state index in [0.29, 0.717) is 5.56 Å². The van der Waals surface area contributed by atoms with Gasteiger partial charge in [-0.2, -0.15) is 0 Å². The first-order chi connectivity index (χ1) is 12.2. The molecule has 26 heavy (non-hydrogen) atoms. The summed E-state index contributed by atoms with van der Waals surface area (Å²) in [4.78, 5) is 12.4. The monoisotopic (exact) mass is 379 g/mol. The Labute approximate surface area is 156 Å². The minimum Gasteiger partial charge on any atom is -0.497 e. The van der Waals surface area contributed by atoms with Crippen LogP contribution in [0.3, 0.4) is 0 Å². The van der Waals surface area contributed by atoms with Crippen molar-refractivity contribution in [1.29, 1.82) is 0 Å². The number of nitrogens with two attached hydrogens (primary N) is 1. The van der Waals surface area contributed by atoms with Crippen LogP contribution in [0.5, 0.6) is 5.75 Å². The lowest BCUT2D eigenvalue weighted by atomic mass is 9.93. The number of methoxy groups -OCH3 is 1. The molecule has 0 aromatic heterocycles. The van der Waals surface area contributed by atoms with Crippen LogP contribution in [-0.4, -0.2) is 28.2 Å². The number of carbonyl (C=O) groups is 1. The van der Waals surface area contributed by atoms with Crippen LogP contribution in [0.4, 0.5) is 0 Å². The van der Waals surface area contributed by atoms with Gasteiger partial charge in [-0.05, 0) is 45.1 Å². The van der Waals surface area contributed by atoms with Crippen molar-refractivity contribution in [2.24, 2.45) is 5.73 Å². The van der Waals surface area contributed by atoms with E-state index in [2.05, 4.69) is 56.5 Å². The maximum absolute atomic E-state index is 12.4. The zero-order chi connectivity index (χ0) is 18.9. The molecule has 1 aliphatic heterocycles. The second-order valence-electron chi connectivity index (χ2n) is 8.35. The Morgan fingerprint density at radius 3 is 2.54 bits per heavy atom. The molecule has 134 valence electrons. The zero-order valence-electron chi connectivity index (χ0n) is 16.1. The molecule has 0 saturated carbocycles. The number of ether oxygens (including phenoxy) is 1. The number of hydrogen-bond donors (Lipinski definition) is 1. The Hall–Kier alpha value is -2.12. The van der Waals surface area contributed by atoms with Crippen molar-refractivity contribution in [2.75, 3.05) is 7.11 Å². The lowest BCUT2D eigenvalue weighted by Gasteiger charge is -2.32. The van der Waals surface area contributed by atoms with Crippen LogP contribution in [0.1, 0.15) is 21.5 Å². The van der Waals surface area contributed by atoms with E-state index < -0.39 is 15.2 Å². The molecule has 0 atom stereocenters. The summed E-state index contributed by atoms with van der Waals surface area (Å²) in [6.07, 6.45) is 5.31. The van der Waals surface area contributed by atoms with Crippen molar-refractivity contribution in [1.82, 2.24) is 0 Å². The van der Waals surface area contributed by atoms with Crippen molar-refractivity contribution in [3.63, 3.8) is 0 Å². The van der Waals surface area contributed by atoms with Crippen molar-refractivity contribution in [3.8, 4) is 16.9 Å². The van der Waals surface area contributed by atoms with E-state index in [1.165, 1.54) is 21.5 Å². The fourth-order valence-electron chi connectivity index (χ4n) is 4.57. The summed E-state index contributed by atoms with van der Waals surface area (Å²) in [5, 5.41) is 2.55. The average Bonchev–Trinajstić information content (AvgIpc) is 3.10. The highest BCUT2D eigenvalue weighted by Gasteiger charge is 2.55. The lowest BCUT2D eigenvalue weighted by Crippen LogP contribution is -2.63. The summed E-state index contributed by atoms with van der Waals surface area (Å²) in [7, 11) is -1.79. The van der Waals surface area contributed by atoms with Crippen molar-refractivity contribution >= 4 is 37.5 Å². The van der Waals surface area contributed by atoms with Crippen LogP contribution in [0.25, 0.3) is 17.2 Å². The van der Waals surface area contributed by atoms with Gasteiger partial charge < -0.3 is 10.5 Å². The molecule has 0 saturated heterocycles. The minimum atomic E-state index is -1.81. The molecule has 0 fully saturated rings. The molecule has 0 spiro atoms. The Balaban J connectivity index is 2.17. The second-order valence-corrected chi connectivity index (χ2v) is 23.4. The molecule has 3 nitrogen and oxygen atoms in total. The number of hydrogen-bond acceptors (Lipinski definition) is 2. The molecular formula is C21H25NO2Si2. The third kappa shape index (κ3) is 2.01. The highest BCUT2D eigenvalue weighted by molar-refractivity contribution is 7.52. The van der Waals surface area contributed by atoms with Crippen LogP contribution in [0.15, 0.2) is 30.3 Å². The number of carbonyl (C=O) groups excluding carboxylic acids is 1. The summed E-state index contributed by atoms with van der Waals surface area (Å²) in [5.41, 5.74) is 11.2. The standard InChI is InChI=1S/C21H25NO2Si2/c1-24-19-17-12-16(21(22)23)18(20(19)26(4,5)25(17,2)3)15-11-7-9-13-8-6-10-14(13)15/h6-7,9-12H,8H2,1-5H3,(H2,22,23). The van der Waals surface area contributed by atoms with E-state index in [0.717, 1.165) is 23.3 Å². The summed E-state index contributed by atoms with van der Waals surface area (Å²) in [6, 6.07) is 8.43. The molecule has 5 heteroatoms. The van der Waals surface area contributed by atoms with Crippen molar-refractivity contribution < 1.29 is 9.53 Å². The second kappa shape index (κ2) is 5.44. The summed E-state index contributed by atoms with van der Waals surface area (Å²) in [6.45, 7) is 9.68. The molecule has 2 aromatic rings. The Morgan fingerprint density at radius 1 is 1.15 bits per heavy atom. The van der Waals surface area contributed by atoms with Gasteiger partial charge in [-0.1, -0.05) is 56.5 Å². The highest BCUT2D eigenvalue weighted by atomic mass is 29.3. The molecule has 0 radical (unpaired) electrons. The molecule has 1 heterocycles. The fraction of sp³-hybridized carbons (Fsp3) is 0.286. The number of allylic oxidation sites excluding steroid dienone is 1. The van der Waals surface area contributed by atoms with E-state index in [-0.39, 0.29) is 5.91 Å². The number of benzene rings is 2. The van der Waals surface area contributed by atoms with E-state index >= 15 is 0 Å². The van der Waals surface area contributed by atoms with Crippen LogP contribution in [0.2, 0.25) is 26.2 Å². The third-order valence-electron chi connectivity index (χ3n) is 6.70. The lowest BCUT2D eigenvalue weighted by molar-refractivity contribution is 0.100. The normalized spacial score (nSPS) is 18.0. The van der Waals surface area contributed by atoms with Gasteiger partial charge in [-0.15, -0.1) is 0 Å². The number of rotatable bonds is 3. The number of amides is 1. The first-order valence-electron chi connectivity index (χ1n) is 9.06. The first-order valence-corrected chi connectivity index (χ1v) is 16.1. The van der Waals surface area contributed by atoms with Gasteiger partial charge in [0.25, 0.3) is 0 Å². The quantitative estimate of drug-likeness (QED) is 0.834. The fourth-order valence-corrected chi connectivity index (χ4v) is 14.2. The van der Waals surface area contributed by atoms with Gasteiger partial charge in [0.05, 0.1) is 22.3 Å². The van der Waals surface area contributed by atoms with Gasteiger partial charge in [-0.3, -0.25) is 4.79 Å². The molecule has 1 amide bonds. The van der Waals surface area contributed by atoms with Crippen molar-refractivity contribution in [2.45, 2.75) is 32.6 Å². The highest BCUT2D eigenvalue weighted by Crippen LogP contribution is 2.41. The first kappa shape index (κ1) is 17.3. The average molecular weight is 380 g/mol. The number of fused-ring (bicyclic) bond motifs is 3. The third-order valence-corrected chi connectivity index (χ3v) is 24.2. The van der Waals surface area contributed by atoms with Gasteiger partial charge in [0, 0.05) is 5.56 Å². The van der Waals surface area contributed by atoms with Gasteiger partial charge >= 0.3 is 0 Å². The van der Waals surface area contributed by atoms with E-state index in [1.54, 1.807) is 7.11 Å². The van der Waals surface area contributed by atoms with Gasteiger partial charge in [0.2, 0.25) is 5.91 Å². The van der Waals surface area contributed by atoms with Crippen molar-refractivity contribution in [3.05, 3.63) is 47.0 Å². The van der Waals surface area contributed by atoms with Gasteiger partial charge in [-0.25, -0.2) is 0 Å². The Bertz CT molecular complexity index is 990. The maximum Gasteiger partial charge on any atom is 0.249 e. The summed E-state index contributed by atoms with van der Waals surface area (Å²) >= 11 is 0. The Kier molecular flexibility index (Phi) is 3.62. The van der Waals surface area contributed by atoms with Gasteiger partial charge in [0.15, 0.2) is 0 Å². The predicted molar refractivity (Wildman–Crippen MR) is 114 cm³/mol. The molecule has 2 aliphatic rings. The molecule has 2 aromatic carbocycles. The maximum atomic E-state index is 12.4. The smallest absolute Gasteiger partial charge is 0.249 e. The molecule has 2 bridgehead atoms. The molecule has 1 aliphatic carbocycles. The molecule has 4 rings (SSSR count). The van der Waals surface area contributed by atoms with Crippen LogP contribution >= 0.6 is 0 Å². The zero-order valence-corrected chi connectivity index (χ0v) is 18.1. The largest absolute Gasteiger partial charge is 0.497 e. The van der Waals surface area contributed by atoms with Crippen LogP contribution < -0.4 is 20.8 Å². The predicted octanol–water partition coefficient (Wildman–Crippen LogP) is 2.95. The van der Waals surface area contributed by atoms with Crippen LogP contribution in [-0.2, 0) is 6.42 Å². The minimum absolute atomic E-state index is 0.346. The topological polar surface area (TPSA) is 52.3 Å².